The van der Waals surface area contributed by atoms with Gasteiger partial charge in [0.15, 0.2) is 0 Å². The molecular weight excluding hydrogens is 216 g/mol. The van der Waals surface area contributed by atoms with E-state index in [1.165, 1.54) is 4.90 Å². The first-order chi connectivity index (χ1) is 8.18. The molecule has 0 saturated carbocycles. The van der Waals surface area contributed by atoms with E-state index in [2.05, 4.69) is 0 Å². The Bertz CT molecular complexity index is 476. The van der Waals surface area contributed by atoms with E-state index in [4.69, 9.17) is 0 Å². The first-order valence-corrected chi connectivity index (χ1v) is 5.90. The predicted molar refractivity (Wildman–Crippen MR) is 63.8 cm³/mol. The standard InChI is InChI=1S/C13H14N2O2/c1-9-4-2-5-10(8-9)15-12(16)11-6-3-7-14(11)13(15)17/h2,4-5,8,11H,3,6-7H2,1H3. The summed E-state index contributed by atoms with van der Waals surface area (Å²) < 4.78 is 0. The molecule has 2 heterocycles. The van der Waals surface area contributed by atoms with Gasteiger partial charge in [0.2, 0.25) is 0 Å². The summed E-state index contributed by atoms with van der Waals surface area (Å²) in [4.78, 5) is 27.3. The fourth-order valence-corrected chi connectivity index (χ4v) is 2.63. The van der Waals surface area contributed by atoms with Crippen LogP contribution in [0, 0.1) is 6.92 Å². The monoisotopic (exact) mass is 230 g/mol. The van der Waals surface area contributed by atoms with Crippen molar-refractivity contribution < 1.29 is 9.59 Å². The number of carbonyl (C=O) groups is 2. The number of fused-ring (bicyclic) bond motifs is 1. The lowest BCUT2D eigenvalue weighted by Gasteiger charge is -2.15. The van der Waals surface area contributed by atoms with E-state index in [-0.39, 0.29) is 18.0 Å². The van der Waals surface area contributed by atoms with E-state index in [0.717, 1.165) is 18.4 Å². The molecule has 2 fully saturated rings. The molecular formula is C13H14N2O2. The maximum absolute atomic E-state index is 12.2. The smallest absolute Gasteiger partial charge is 0.312 e. The van der Waals surface area contributed by atoms with Crippen LogP contribution in [0.15, 0.2) is 24.3 Å². The maximum Gasteiger partial charge on any atom is 0.332 e. The Morgan fingerprint density at radius 1 is 1.29 bits per heavy atom. The van der Waals surface area contributed by atoms with Gasteiger partial charge in [0.1, 0.15) is 6.04 Å². The van der Waals surface area contributed by atoms with Crippen molar-refractivity contribution in [1.29, 1.82) is 0 Å². The lowest BCUT2D eigenvalue weighted by atomic mass is 10.2. The van der Waals surface area contributed by atoms with E-state index in [1.54, 1.807) is 4.90 Å². The van der Waals surface area contributed by atoms with Gasteiger partial charge in [-0.3, -0.25) is 4.79 Å². The lowest BCUT2D eigenvalue weighted by Crippen LogP contribution is -2.33. The fourth-order valence-electron chi connectivity index (χ4n) is 2.63. The normalized spacial score (nSPS) is 23.5. The minimum atomic E-state index is -0.219. The lowest BCUT2D eigenvalue weighted by molar-refractivity contribution is -0.119. The quantitative estimate of drug-likeness (QED) is 0.692. The van der Waals surface area contributed by atoms with Gasteiger partial charge in [0.05, 0.1) is 5.69 Å². The van der Waals surface area contributed by atoms with Crippen LogP contribution in [-0.2, 0) is 4.79 Å². The maximum atomic E-state index is 12.2. The highest BCUT2D eigenvalue weighted by Crippen LogP contribution is 2.31. The van der Waals surface area contributed by atoms with Crippen molar-refractivity contribution in [3.63, 3.8) is 0 Å². The van der Waals surface area contributed by atoms with Crippen molar-refractivity contribution >= 4 is 17.6 Å². The van der Waals surface area contributed by atoms with Crippen LogP contribution in [0.25, 0.3) is 0 Å². The molecule has 4 nitrogen and oxygen atoms in total. The Morgan fingerprint density at radius 2 is 2.12 bits per heavy atom. The zero-order chi connectivity index (χ0) is 12.0. The van der Waals surface area contributed by atoms with Crippen LogP contribution in [0.2, 0.25) is 0 Å². The highest BCUT2D eigenvalue weighted by atomic mass is 16.2. The first kappa shape index (κ1) is 10.3. The van der Waals surface area contributed by atoms with Gasteiger partial charge in [-0.15, -0.1) is 0 Å². The van der Waals surface area contributed by atoms with Crippen LogP contribution in [0.3, 0.4) is 0 Å². The number of hydrogen-bond donors (Lipinski definition) is 0. The molecule has 0 aliphatic carbocycles. The molecule has 2 aliphatic heterocycles. The van der Waals surface area contributed by atoms with Gasteiger partial charge in [-0.2, -0.15) is 0 Å². The Hall–Kier alpha value is -1.84. The molecule has 0 bridgehead atoms. The molecule has 1 aromatic carbocycles. The van der Waals surface area contributed by atoms with Gasteiger partial charge in [-0.25, -0.2) is 9.69 Å². The molecule has 2 aliphatic rings. The van der Waals surface area contributed by atoms with E-state index in [9.17, 15) is 9.59 Å². The fraction of sp³-hybridized carbons (Fsp3) is 0.385. The molecule has 0 N–H and O–H groups in total. The third kappa shape index (κ3) is 1.44. The minimum absolute atomic E-state index is 0.0712. The molecule has 0 aromatic heterocycles. The molecule has 2 saturated heterocycles. The van der Waals surface area contributed by atoms with Crippen LogP contribution in [-0.4, -0.2) is 29.4 Å². The largest absolute Gasteiger partial charge is 0.332 e. The van der Waals surface area contributed by atoms with Gasteiger partial charge in [-0.05, 0) is 37.5 Å². The molecule has 1 aromatic rings. The Balaban J connectivity index is 1.99. The zero-order valence-electron chi connectivity index (χ0n) is 9.72. The zero-order valence-corrected chi connectivity index (χ0v) is 9.72. The summed E-state index contributed by atoms with van der Waals surface area (Å²) in [6.45, 7) is 2.66. The number of benzene rings is 1. The van der Waals surface area contributed by atoms with Gasteiger partial charge in [0.25, 0.3) is 5.91 Å². The summed E-state index contributed by atoms with van der Waals surface area (Å²) in [5, 5.41) is 0. The van der Waals surface area contributed by atoms with Crippen molar-refractivity contribution in [1.82, 2.24) is 4.90 Å². The van der Waals surface area contributed by atoms with Crippen LogP contribution in [0.1, 0.15) is 18.4 Å². The molecule has 17 heavy (non-hydrogen) atoms. The Labute approximate surface area is 99.8 Å². The average molecular weight is 230 g/mol. The molecule has 4 heteroatoms. The topological polar surface area (TPSA) is 40.6 Å². The van der Waals surface area contributed by atoms with Crippen molar-refractivity contribution in [2.24, 2.45) is 0 Å². The number of rotatable bonds is 1. The molecule has 1 unspecified atom stereocenters. The van der Waals surface area contributed by atoms with Gasteiger partial charge < -0.3 is 4.90 Å². The Morgan fingerprint density at radius 3 is 2.82 bits per heavy atom. The number of nitrogens with zero attached hydrogens (tertiary/aromatic N) is 2. The molecule has 88 valence electrons. The summed E-state index contributed by atoms with van der Waals surface area (Å²) in [6, 6.07) is 7.12. The van der Waals surface area contributed by atoms with Crippen molar-refractivity contribution in [2.75, 3.05) is 11.4 Å². The number of anilines is 1. The van der Waals surface area contributed by atoms with Crippen LogP contribution < -0.4 is 4.90 Å². The third-order valence-electron chi connectivity index (χ3n) is 3.46. The minimum Gasteiger partial charge on any atom is -0.312 e. The Kier molecular flexibility index (Phi) is 2.18. The molecule has 1 atom stereocenters. The van der Waals surface area contributed by atoms with Crippen molar-refractivity contribution in [3.8, 4) is 0 Å². The number of aryl methyl sites for hydroxylation is 1. The van der Waals surface area contributed by atoms with Crippen molar-refractivity contribution in [3.05, 3.63) is 29.8 Å². The molecule has 3 rings (SSSR count). The average Bonchev–Trinajstić information content (AvgIpc) is 2.84. The summed E-state index contributed by atoms with van der Waals surface area (Å²) >= 11 is 0. The summed E-state index contributed by atoms with van der Waals surface area (Å²) in [6.07, 6.45) is 1.73. The van der Waals surface area contributed by atoms with Crippen LogP contribution in [0.5, 0.6) is 0 Å². The van der Waals surface area contributed by atoms with E-state index in [0.29, 0.717) is 12.2 Å². The molecule has 0 spiro atoms. The summed E-state index contributed by atoms with van der Waals surface area (Å²) in [7, 11) is 0. The second-order valence-electron chi connectivity index (χ2n) is 4.65. The number of urea groups is 1. The van der Waals surface area contributed by atoms with Gasteiger partial charge in [-0.1, -0.05) is 12.1 Å². The van der Waals surface area contributed by atoms with Crippen LogP contribution in [0.4, 0.5) is 10.5 Å². The number of carbonyl (C=O) groups excluding carboxylic acids is 2. The van der Waals surface area contributed by atoms with Gasteiger partial charge in [0, 0.05) is 6.54 Å². The summed E-state index contributed by atoms with van der Waals surface area (Å²) in [5.41, 5.74) is 1.74. The number of hydrogen-bond acceptors (Lipinski definition) is 2. The van der Waals surface area contributed by atoms with E-state index < -0.39 is 0 Å². The highest BCUT2D eigenvalue weighted by Gasteiger charge is 2.47. The first-order valence-electron chi connectivity index (χ1n) is 5.90. The third-order valence-corrected chi connectivity index (χ3v) is 3.46. The van der Waals surface area contributed by atoms with Crippen molar-refractivity contribution in [2.45, 2.75) is 25.8 Å². The SMILES string of the molecule is Cc1cccc(N2C(=O)C3CCCN3C2=O)c1. The highest BCUT2D eigenvalue weighted by molar-refractivity contribution is 6.21. The second-order valence-corrected chi connectivity index (χ2v) is 4.65. The summed E-state index contributed by atoms with van der Waals surface area (Å²) in [5.74, 6) is -0.0712. The van der Waals surface area contributed by atoms with E-state index in [1.807, 2.05) is 31.2 Å². The molecule has 3 amide bonds. The van der Waals surface area contributed by atoms with E-state index >= 15 is 0 Å². The molecule has 0 radical (unpaired) electrons. The predicted octanol–water partition coefficient (Wildman–Crippen LogP) is 1.93. The number of imide groups is 1. The number of amides is 3. The van der Waals surface area contributed by atoms with Crippen LogP contribution >= 0.6 is 0 Å². The van der Waals surface area contributed by atoms with Gasteiger partial charge >= 0.3 is 6.03 Å². The second kappa shape index (κ2) is 3.58.